The zero-order valence-electron chi connectivity index (χ0n) is 11.5. The minimum absolute atomic E-state index is 0.138. The molecule has 116 valence electrons. The summed E-state index contributed by atoms with van der Waals surface area (Å²) in [6, 6.07) is -0.138. The second-order valence-electron chi connectivity index (χ2n) is 5.48. The molecule has 1 fully saturated rings. The molecule has 3 aliphatic heterocycles. The van der Waals surface area contributed by atoms with Crippen LogP contribution in [-0.4, -0.2) is 43.1 Å². The molecule has 0 aromatic carbocycles. The number of imidazole rings is 1. The van der Waals surface area contributed by atoms with E-state index in [9.17, 15) is 9.90 Å². The van der Waals surface area contributed by atoms with Gasteiger partial charge in [0.15, 0.2) is 0 Å². The number of likely N-dealkylation sites (tertiary alicyclic amines) is 1. The number of rotatable bonds is 2. The molecule has 0 bridgehead atoms. The maximum absolute atomic E-state index is 11.3. The highest BCUT2D eigenvalue weighted by Crippen LogP contribution is 2.51. The molecule has 0 spiro atoms. The normalized spacial score (nSPS) is 30.4. The molecule has 0 saturated carbocycles. The number of nitrogens with zero attached hydrogens (tertiary/aromatic N) is 2. The summed E-state index contributed by atoms with van der Waals surface area (Å²) >= 11 is 7.20. The van der Waals surface area contributed by atoms with Crippen LogP contribution in [0.3, 0.4) is 0 Å². The van der Waals surface area contributed by atoms with Crippen LogP contribution in [0, 0.1) is 0 Å². The third-order valence-electron chi connectivity index (χ3n) is 4.12. The number of aromatic amines is 1. The average molecular weight is 400 g/mol. The van der Waals surface area contributed by atoms with Gasteiger partial charge in [-0.15, -0.1) is 23.5 Å². The van der Waals surface area contributed by atoms with Gasteiger partial charge in [-0.3, -0.25) is 4.90 Å². The summed E-state index contributed by atoms with van der Waals surface area (Å²) in [6.45, 7) is 0.590. The summed E-state index contributed by atoms with van der Waals surface area (Å²) in [5, 5.41) is 10.2. The van der Waals surface area contributed by atoms with Gasteiger partial charge in [0.1, 0.15) is 5.82 Å². The number of amides is 1. The first-order valence-corrected chi connectivity index (χ1v) is 9.64. The lowest BCUT2D eigenvalue weighted by Gasteiger charge is -2.19. The summed E-state index contributed by atoms with van der Waals surface area (Å²) in [4.78, 5) is 21.7. The van der Waals surface area contributed by atoms with Crippen molar-refractivity contribution >= 4 is 50.5 Å². The van der Waals surface area contributed by atoms with E-state index in [4.69, 9.17) is 0 Å². The molecule has 0 aliphatic carbocycles. The van der Waals surface area contributed by atoms with Crippen LogP contribution in [0.15, 0.2) is 22.2 Å². The van der Waals surface area contributed by atoms with E-state index in [1.807, 2.05) is 29.7 Å². The number of carbonyl (C=O) groups is 1. The maximum Gasteiger partial charge on any atom is 0.407 e. The van der Waals surface area contributed by atoms with E-state index in [1.165, 1.54) is 13.6 Å². The van der Waals surface area contributed by atoms with Crippen molar-refractivity contribution in [1.29, 1.82) is 0 Å². The number of halogens is 1. The average Bonchev–Trinajstić information content (AvgIpc) is 3.19. The molecule has 3 aliphatic rings. The standard InChI is InChI=1S/C14H14BrN3O2S2/c15-12-5-11-10(22-12)4-9(21-11)7-6-16-13(17-7)8-2-1-3-18(8)14(19)20/h4-6,8,10-11H,1-3H2,(H,16,17)(H,19,20). The predicted molar refractivity (Wildman–Crippen MR) is 93.0 cm³/mol. The van der Waals surface area contributed by atoms with Crippen LogP contribution in [0.1, 0.15) is 30.4 Å². The number of thioether (sulfide) groups is 2. The first-order valence-electron chi connectivity index (χ1n) is 7.09. The van der Waals surface area contributed by atoms with Gasteiger partial charge in [-0.25, -0.2) is 9.78 Å². The van der Waals surface area contributed by atoms with Crippen LogP contribution >= 0.6 is 39.5 Å². The van der Waals surface area contributed by atoms with E-state index in [2.05, 4.69) is 38.0 Å². The molecule has 4 rings (SSSR count). The van der Waals surface area contributed by atoms with Crippen molar-refractivity contribution in [3.63, 3.8) is 0 Å². The molecular formula is C14H14BrN3O2S2. The van der Waals surface area contributed by atoms with E-state index in [1.54, 1.807) is 0 Å². The van der Waals surface area contributed by atoms with Gasteiger partial charge < -0.3 is 10.1 Å². The molecule has 3 atom stereocenters. The molecule has 1 saturated heterocycles. The lowest BCUT2D eigenvalue weighted by Crippen LogP contribution is -2.29. The fourth-order valence-electron chi connectivity index (χ4n) is 3.09. The number of hydrogen-bond donors (Lipinski definition) is 2. The Labute approximate surface area is 144 Å². The Morgan fingerprint density at radius 3 is 3.00 bits per heavy atom. The number of carboxylic acid groups (broad SMARTS) is 1. The lowest BCUT2D eigenvalue weighted by atomic mass is 10.2. The minimum Gasteiger partial charge on any atom is -0.465 e. The first kappa shape index (κ1) is 14.7. The van der Waals surface area contributed by atoms with Gasteiger partial charge in [0.25, 0.3) is 0 Å². The summed E-state index contributed by atoms with van der Waals surface area (Å²) in [5.74, 6) is 0.762. The van der Waals surface area contributed by atoms with E-state index in [0.29, 0.717) is 17.0 Å². The molecule has 5 nitrogen and oxygen atoms in total. The number of aromatic nitrogens is 2. The van der Waals surface area contributed by atoms with Gasteiger partial charge in [-0.05, 0) is 34.8 Å². The Kier molecular flexibility index (Phi) is 3.78. The van der Waals surface area contributed by atoms with Crippen molar-refractivity contribution in [2.75, 3.05) is 6.54 Å². The fourth-order valence-corrected chi connectivity index (χ4v) is 6.77. The second-order valence-corrected chi connectivity index (χ2v) is 9.30. The van der Waals surface area contributed by atoms with Crippen molar-refractivity contribution in [2.45, 2.75) is 29.4 Å². The summed E-state index contributed by atoms with van der Waals surface area (Å²) in [5.41, 5.74) is 0.997. The van der Waals surface area contributed by atoms with Crippen LogP contribution in [-0.2, 0) is 0 Å². The Hall–Kier alpha value is -0.860. The summed E-state index contributed by atoms with van der Waals surface area (Å²) in [7, 11) is 0. The van der Waals surface area contributed by atoms with Crippen LogP contribution in [0.25, 0.3) is 4.91 Å². The Balaban J connectivity index is 1.53. The molecule has 1 amide bonds. The molecule has 1 aromatic rings. The number of hydrogen-bond acceptors (Lipinski definition) is 4. The number of fused-ring (bicyclic) bond motifs is 1. The van der Waals surface area contributed by atoms with E-state index < -0.39 is 6.09 Å². The minimum atomic E-state index is -0.865. The van der Waals surface area contributed by atoms with Crippen molar-refractivity contribution in [3.05, 3.63) is 33.7 Å². The van der Waals surface area contributed by atoms with Gasteiger partial charge in [0, 0.05) is 25.8 Å². The van der Waals surface area contributed by atoms with Crippen LogP contribution in [0.2, 0.25) is 0 Å². The zero-order chi connectivity index (χ0) is 15.3. The molecule has 0 radical (unpaired) electrons. The quantitative estimate of drug-likeness (QED) is 0.785. The third kappa shape index (κ3) is 2.51. The second kappa shape index (κ2) is 5.65. The molecule has 22 heavy (non-hydrogen) atoms. The molecule has 4 heterocycles. The molecule has 1 aromatic heterocycles. The molecule has 2 N–H and O–H groups in total. The smallest absolute Gasteiger partial charge is 0.407 e. The van der Waals surface area contributed by atoms with Crippen LogP contribution < -0.4 is 0 Å². The number of H-pyrrole nitrogens is 1. The SMILES string of the molecule is O=C(O)N1CCCC1c1ncc(C2=CC3SC(Br)=CC3S2)[nH]1. The topological polar surface area (TPSA) is 69.2 Å². The molecule has 8 heteroatoms. The van der Waals surface area contributed by atoms with Gasteiger partial charge >= 0.3 is 6.09 Å². The Morgan fingerprint density at radius 2 is 2.23 bits per heavy atom. The Bertz CT molecular complexity index is 687. The predicted octanol–water partition coefficient (Wildman–Crippen LogP) is 4.03. The van der Waals surface area contributed by atoms with E-state index in [-0.39, 0.29) is 6.04 Å². The Morgan fingerprint density at radius 1 is 1.41 bits per heavy atom. The lowest BCUT2D eigenvalue weighted by molar-refractivity contribution is 0.139. The van der Waals surface area contributed by atoms with Gasteiger partial charge in [-0.1, -0.05) is 6.08 Å². The van der Waals surface area contributed by atoms with Gasteiger partial charge in [0.05, 0.1) is 17.9 Å². The van der Waals surface area contributed by atoms with Gasteiger partial charge in [0.2, 0.25) is 0 Å². The largest absolute Gasteiger partial charge is 0.465 e. The molecular weight excluding hydrogens is 386 g/mol. The van der Waals surface area contributed by atoms with Crippen LogP contribution in [0.4, 0.5) is 4.79 Å². The number of nitrogens with one attached hydrogen (secondary N) is 1. The third-order valence-corrected chi connectivity index (χ3v) is 7.49. The maximum atomic E-state index is 11.3. The van der Waals surface area contributed by atoms with E-state index in [0.717, 1.165) is 24.4 Å². The van der Waals surface area contributed by atoms with Crippen LogP contribution in [0.5, 0.6) is 0 Å². The summed E-state index contributed by atoms with van der Waals surface area (Å²) < 4.78 is 1.21. The van der Waals surface area contributed by atoms with E-state index >= 15 is 0 Å². The van der Waals surface area contributed by atoms with Gasteiger partial charge in [-0.2, -0.15) is 0 Å². The highest BCUT2D eigenvalue weighted by atomic mass is 79.9. The highest BCUT2D eigenvalue weighted by Gasteiger charge is 2.35. The first-order chi connectivity index (χ1) is 10.6. The highest BCUT2D eigenvalue weighted by molar-refractivity contribution is 9.14. The van der Waals surface area contributed by atoms with Crippen molar-refractivity contribution in [2.24, 2.45) is 0 Å². The van der Waals surface area contributed by atoms with Crippen molar-refractivity contribution < 1.29 is 9.90 Å². The van der Waals surface area contributed by atoms with Crippen molar-refractivity contribution in [1.82, 2.24) is 14.9 Å². The summed E-state index contributed by atoms with van der Waals surface area (Å²) in [6.07, 6.45) is 7.20. The monoisotopic (exact) mass is 399 g/mol. The fraction of sp³-hybridized carbons (Fsp3) is 0.429. The molecule has 3 unspecified atom stereocenters. The van der Waals surface area contributed by atoms with Crippen molar-refractivity contribution in [3.8, 4) is 0 Å². The zero-order valence-corrected chi connectivity index (χ0v) is 14.7.